The Morgan fingerprint density at radius 1 is 1.12 bits per heavy atom. The second-order valence-corrected chi connectivity index (χ2v) is 3.90. The van der Waals surface area contributed by atoms with Crippen molar-refractivity contribution in [3.63, 3.8) is 0 Å². The van der Waals surface area contributed by atoms with Gasteiger partial charge in [-0.3, -0.25) is 4.98 Å². The van der Waals surface area contributed by atoms with E-state index in [4.69, 9.17) is 5.26 Å². The van der Waals surface area contributed by atoms with Crippen LogP contribution in [0.25, 0.3) is 11.1 Å². The average Bonchev–Trinajstić information content (AvgIpc) is 2.40. The number of aromatic nitrogens is 3. The molecule has 4 heteroatoms. The van der Waals surface area contributed by atoms with Crippen LogP contribution in [0.1, 0.15) is 24.8 Å². The molecule has 0 bridgehead atoms. The topological polar surface area (TPSA) is 62.5 Å². The Kier molecular flexibility index (Phi) is 3.41. The van der Waals surface area contributed by atoms with Gasteiger partial charge in [-0.15, -0.1) is 0 Å². The third kappa shape index (κ3) is 2.64. The first-order valence-electron chi connectivity index (χ1n) is 5.38. The molecule has 0 aromatic carbocycles. The average molecular weight is 224 g/mol. The van der Waals surface area contributed by atoms with E-state index in [0.717, 1.165) is 16.7 Å². The van der Waals surface area contributed by atoms with Crippen LogP contribution in [0.2, 0.25) is 0 Å². The van der Waals surface area contributed by atoms with E-state index in [2.05, 4.69) is 21.0 Å². The summed E-state index contributed by atoms with van der Waals surface area (Å²) >= 11 is 0. The summed E-state index contributed by atoms with van der Waals surface area (Å²) in [5, 5.41) is 8.69. The van der Waals surface area contributed by atoms with Gasteiger partial charge in [0.25, 0.3) is 0 Å². The SMILES string of the molecule is CC(CC#N)c1cncc(-c2cncnc2)c1. The third-order valence-corrected chi connectivity index (χ3v) is 2.62. The zero-order valence-electron chi connectivity index (χ0n) is 9.54. The van der Waals surface area contributed by atoms with Crippen molar-refractivity contribution in [2.45, 2.75) is 19.3 Å². The van der Waals surface area contributed by atoms with Gasteiger partial charge in [0.05, 0.1) is 6.07 Å². The van der Waals surface area contributed by atoms with Crippen molar-refractivity contribution in [1.82, 2.24) is 15.0 Å². The quantitative estimate of drug-likeness (QED) is 0.803. The van der Waals surface area contributed by atoms with Gasteiger partial charge in [0.15, 0.2) is 0 Å². The summed E-state index contributed by atoms with van der Waals surface area (Å²) in [6, 6.07) is 4.21. The Morgan fingerprint density at radius 3 is 2.53 bits per heavy atom. The van der Waals surface area contributed by atoms with Crippen molar-refractivity contribution >= 4 is 0 Å². The van der Waals surface area contributed by atoms with Crippen molar-refractivity contribution in [3.8, 4) is 17.2 Å². The van der Waals surface area contributed by atoms with Crippen molar-refractivity contribution < 1.29 is 0 Å². The summed E-state index contributed by atoms with van der Waals surface area (Å²) in [6.45, 7) is 2.02. The van der Waals surface area contributed by atoms with Gasteiger partial charge in [-0.1, -0.05) is 6.92 Å². The molecular weight excluding hydrogens is 212 g/mol. The van der Waals surface area contributed by atoms with Crippen LogP contribution in [-0.2, 0) is 0 Å². The maximum absolute atomic E-state index is 8.69. The van der Waals surface area contributed by atoms with E-state index >= 15 is 0 Å². The largest absolute Gasteiger partial charge is 0.264 e. The lowest BCUT2D eigenvalue weighted by Crippen LogP contribution is -1.94. The highest BCUT2D eigenvalue weighted by atomic mass is 14.8. The van der Waals surface area contributed by atoms with Crippen LogP contribution >= 0.6 is 0 Å². The maximum atomic E-state index is 8.69. The highest BCUT2D eigenvalue weighted by molar-refractivity contribution is 5.61. The van der Waals surface area contributed by atoms with Crippen LogP contribution in [0.4, 0.5) is 0 Å². The second-order valence-electron chi connectivity index (χ2n) is 3.90. The molecule has 0 radical (unpaired) electrons. The Bertz CT molecular complexity index is 531. The standard InChI is InChI=1S/C13H12N4/c1-10(2-3-14)11-4-12(6-15-5-11)13-7-16-9-17-8-13/h4-10H,2H2,1H3. The Morgan fingerprint density at radius 2 is 1.82 bits per heavy atom. The molecule has 2 rings (SSSR count). The van der Waals surface area contributed by atoms with E-state index in [-0.39, 0.29) is 5.92 Å². The summed E-state index contributed by atoms with van der Waals surface area (Å²) in [5.41, 5.74) is 2.98. The van der Waals surface area contributed by atoms with Crippen molar-refractivity contribution in [2.75, 3.05) is 0 Å². The third-order valence-electron chi connectivity index (χ3n) is 2.62. The number of rotatable bonds is 3. The molecular formula is C13H12N4. The molecule has 0 saturated carbocycles. The Labute approximate surface area is 100.0 Å². The van der Waals surface area contributed by atoms with Gasteiger partial charge in [-0.2, -0.15) is 5.26 Å². The fourth-order valence-electron chi connectivity index (χ4n) is 1.59. The van der Waals surface area contributed by atoms with Gasteiger partial charge < -0.3 is 0 Å². The van der Waals surface area contributed by atoms with Crippen LogP contribution in [0.3, 0.4) is 0 Å². The van der Waals surface area contributed by atoms with E-state index in [0.29, 0.717) is 6.42 Å². The predicted molar refractivity (Wildman–Crippen MR) is 63.9 cm³/mol. The number of nitrogens with zero attached hydrogens (tertiary/aromatic N) is 4. The van der Waals surface area contributed by atoms with E-state index in [1.165, 1.54) is 6.33 Å². The highest BCUT2D eigenvalue weighted by Gasteiger charge is 2.07. The molecule has 0 amide bonds. The van der Waals surface area contributed by atoms with Crippen LogP contribution in [-0.4, -0.2) is 15.0 Å². The van der Waals surface area contributed by atoms with Gasteiger partial charge in [0.1, 0.15) is 6.33 Å². The lowest BCUT2D eigenvalue weighted by molar-refractivity contribution is 0.784. The number of nitriles is 1. The normalized spacial score (nSPS) is 11.8. The van der Waals surface area contributed by atoms with E-state index in [1.807, 2.05) is 13.0 Å². The second kappa shape index (κ2) is 5.17. The van der Waals surface area contributed by atoms with Gasteiger partial charge in [0, 0.05) is 42.3 Å². The van der Waals surface area contributed by atoms with Gasteiger partial charge in [0.2, 0.25) is 0 Å². The van der Waals surface area contributed by atoms with Gasteiger partial charge >= 0.3 is 0 Å². The molecule has 0 N–H and O–H groups in total. The van der Waals surface area contributed by atoms with Crippen molar-refractivity contribution in [2.24, 2.45) is 0 Å². The minimum atomic E-state index is 0.192. The molecule has 0 spiro atoms. The number of hydrogen-bond acceptors (Lipinski definition) is 4. The first kappa shape index (κ1) is 11.2. The molecule has 17 heavy (non-hydrogen) atoms. The molecule has 0 aliphatic carbocycles. The van der Waals surface area contributed by atoms with Gasteiger partial charge in [-0.25, -0.2) is 9.97 Å². The molecule has 0 aliphatic rings. The van der Waals surface area contributed by atoms with Crippen molar-refractivity contribution in [3.05, 3.63) is 42.7 Å². The molecule has 4 nitrogen and oxygen atoms in total. The summed E-state index contributed by atoms with van der Waals surface area (Å²) < 4.78 is 0. The predicted octanol–water partition coefficient (Wildman–Crippen LogP) is 2.56. The minimum absolute atomic E-state index is 0.192. The van der Waals surface area contributed by atoms with Crippen LogP contribution in [0, 0.1) is 11.3 Å². The Hall–Kier alpha value is -2.28. The van der Waals surface area contributed by atoms with Crippen LogP contribution in [0.5, 0.6) is 0 Å². The van der Waals surface area contributed by atoms with E-state index in [1.54, 1.807) is 24.8 Å². The number of pyridine rings is 1. The van der Waals surface area contributed by atoms with Crippen LogP contribution in [0.15, 0.2) is 37.2 Å². The summed E-state index contributed by atoms with van der Waals surface area (Å²) in [5.74, 6) is 0.192. The monoisotopic (exact) mass is 224 g/mol. The molecule has 1 unspecified atom stereocenters. The summed E-state index contributed by atoms with van der Waals surface area (Å²) in [7, 11) is 0. The fraction of sp³-hybridized carbons (Fsp3) is 0.231. The molecule has 2 heterocycles. The van der Waals surface area contributed by atoms with E-state index < -0.39 is 0 Å². The maximum Gasteiger partial charge on any atom is 0.115 e. The molecule has 84 valence electrons. The zero-order chi connectivity index (χ0) is 12.1. The van der Waals surface area contributed by atoms with Crippen molar-refractivity contribution in [1.29, 1.82) is 5.26 Å². The molecule has 2 aromatic heterocycles. The summed E-state index contributed by atoms with van der Waals surface area (Å²) in [4.78, 5) is 12.2. The first-order chi connectivity index (χ1) is 8.31. The lowest BCUT2D eigenvalue weighted by Gasteiger charge is -2.08. The van der Waals surface area contributed by atoms with Gasteiger partial charge in [-0.05, 0) is 17.5 Å². The zero-order valence-corrected chi connectivity index (χ0v) is 9.54. The smallest absolute Gasteiger partial charge is 0.115 e. The molecule has 0 saturated heterocycles. The first-order valence-corrected chi connectivity index (χ1v) is 5.38. The minimum Gasteiger partial charge on any atom is -0.264 e. The lowest BCUT2D eigenvalue weighted by atomic mass is 9.98. The molecule has 2 aromatic rings. The van der Waals surface area contributed by atoms with E-state index in [9.17, 15) is 0 Å². The summed E-state index contributed by atoms with van der Waals surface area (Å²) in [6.07, 6.45) is 9.08. The molecule has 0 aliphatic heterocycles. The number of hydrogen-bond donors (Lipinski definition) is 0. The molecule has 1 atom stereocenters. The Balaban J connectivity index is 2.33. The molecule has 0 fully saturated rings. The fourth-order valence-corrected chi connectivity index (χ4v) is 1.59. The highest BCUT2D eigenvalue weighted by Crippen LogP contribution is 2.23. The van der Waals surface area contributed by atoms with Crippen LogP contribution < -0.4 is 0 Å².